The lowest BCUT2D eigenvalue weighted by Gasteiger charge is -2.41. The summed E-state index contributed by atoms with van der Waals surface area (Å²) in [4.78, 5) is 0. The topological polar surface area (TPSA) is 38.7 Å². The molecule has 2 aliphatic rings. The fourth-order valence-corrected chi connectivity index (χ4v) is 3.67. The molecule has 1 saturated heterocycles. The van der Waals surface area contributed by atoms with Gasteiger partial charge in [-0.3, -0.25) is 0 Å². The van der Waals surface area contributed by atoms with Crippen LogP contribution in [-0.4, -0.2) is 18.3 Å². The quantitative estimate of drug-likeness (QED) is 0.905. The van der Waals surface area contributed by atoms with Crippen molar-refractivity contribution in [2.24, 2.45) is 0 Å². The van der Waals surface area contributed by atoms with E-state index in [2.05, 4.69) is 39.0 Å². The molecule has 21 heavy (non-hydrogen) atoms. The Morgan fingerprint density at radius 3 is 2.33 bits per heavy atom. The third-order valence-electron chi connectivity index (χ3n) is 5.22. The van der Waals surface area contributed by atoms with Crippen LogP contribution in [0.25, 0.3) is 0 Å². The van der Waals surface area contributed by atoms with Gasteiger partial charge in [0.2, 0.25) is 0 Å². The summed E-state index contributed by atoms with van der Waals surface area (Å²) in [6.07, 6.45) is 2.58. The van der Waals surface area contributed by atoms with E-state index >= 15 is 0 Å². The van der Waals surface area contributed by atoms with Crippen molar-refractivity contribution in [2.45, 2.75) is 63.8 Å². The third-order valence-corrected chi connectivity index (χ3v) is 5.22. The zero-order valence-corrected chi connectivity index (χ0v) is 13.5. The molecule has 3 nitrogen and oxygen atoms in total. The van der Waals surface area contributed by atoms with Gasteiger partial charge in [0.15, 0.2) is 5.79 Å². The van der Waals surface area contributed by atoms with Crippen LogP contribution in [0, 0.1) is 0 Å². The highest BCUT2D eigenvalue weighted by Gasteiger charge is 2.42. The second-order valence-corrected chi connectivity index (χ2v) is 7.22. The molecule has 1 N–H and O–H groups in total. The average Bonchev–Trinajstić information content (AvgIpc) is 2.94. The number of ether oxygens (including phenoxy) is 2. The molecule has 3 rings (SSSR count). The summed E-state index contributed by atoms with van der Waals surface area (Å²) in [7, 11) is 0. The second kappa shape index (κ2) is 4.80. The number of benzene rings is 1. The fourth-order valence-electron chi connectivity index (χ4n) is 3.67. The summed E-state index contributed by atoms with van der Waals surface area (Å²) >= 11 is 0. The van der Waals surface area contributed by atoms with Crippen molar-refractivity contribution in [1.29, 1.82) is 0 Å². The highest BCUT2D eigenvalue weighted by molar-refractivity contribution is 5.43. The van der Waals surface area contributed by atoms with Crippen LogP contribution in [-0.2, 0) is 26.3 Å². The molecule has 0 spiro atoms. The highest BCUT2D eigenvalue weighted by Crippen LogP contribution is 2.46. The number of fused-ring (bicyclic) bond motifs is 1. The first kappa shape index (κ1) is 15.0. The van der Waals surface area contributed by atoms with Crippen LogP contribution in [0.1, 0.15) is 63.6 Å². The predicted molar refractivity (Wildman–Crippen MR) is 82.1 cm³/mol. The van der Waals surface area contributed by atoms with Crippen LogP contribution < -0.4 is 0 Å². The van der Waals surface area contributed by atoms with Gasteiger partial charge in [-0.15, -0.1) is 0 Å². The van der Waals surface area contributed by atoms with Gasteiger partial charge in [0.25, 0.3) is 0 Å². The van der Waals surface area contributed by atoms with E-state index in [4.69, 9.17) is 9.47 Å². The van der Waals surface area contributed by atoms with E-state index in [1.54, 1.807) is 0 Å². The summed E-state index contributed by atoms with van der Waals surface area (Å²) in [5.74, 6) is -0.603. The molecule has 1 unspecified atom stereocenters. The molecule has 0 radical (unpaired) electrons. The molecule has 3 heteroatoms. The Kier molecular flexibility index (Phi) is 3.43. The molecule has 0 aromatic heterocycles. The van der Waals surface area contributed by atoms with Gasteiger partial charge in [0.05, 0.1) is 18.8 Å². The Hall–Kier alpha value is -0.900. The minimum Gasteiger partial charge on any atom is -0.385 e. The molecular formula is C18H26O3. The monoisotopic (exact) mass is 290 g/mol. The minimum absolute atomic E-state index is 0.0706. The molecule has 0 amide bonds. The normalized spacial score (nSPS) is 30.1. The molecule has 1 aliphatic heterocycles. The van der Waals surface area contributed by atoms with E-state index in [9.17, 15) is 5.11 Å². The van der Waals surface area contributed by atoms with Gasteiger partial charge in [-0.05, 0) is 42.4 Å². The van der Waals surface area contributed by atoms with Crippen LogP contribution in [0.2, 0.25) is 0 Å². The van der Waals surface area contributed by atoms with Crippen LogP contribution in [0.5, 0.6) is 0 Å². The smallest absolute Gasteiger partial charge is 0.194 e. The van der Waals surface area contributed by atoms with Gasteiger partial charge in [-0.1, -0.05) is 32.9 Å². The molecule has 0 bridgehead atoms. The Morgan fingerprint density at radius 2 is 1.71 bits per heavy atom. The second-order valence-electron chi connectivity index (χ2n) is 7.22. The number of rotatable bonds is 2. The third kappa shape index (κ3) is 2.32. The SMILES string of the molecule is CCC1(c2ccc3c(c2)C(C)(C)CCC3(C)O)OCCO1. The first-order chi connectivity index (χ1) is 9.81. The maximum absolute atomic E-state index is 10.7. The Bertz CT molecular complexity index is 539. The van der Waals surface area contributed by atoms with E-state index < -0.39 is 11.4 Å². The lowest BCUT2D eigenvalue weighted by molar-refractivity contribution is -0.167. The van der Waals surface area contributed by atoms with Gasteiger partial charge in [-0.25, -0.2) is 0 Å². The van der Waals surface area contributed by atoms with Crippen LogP contribution in [0.3, 0.4) is 0 Å². The van der Waals surface area contributed by atoms with Crippen molar-refractivity contribution in [3.63, 3.8) is 0 Å². The summed E-state index contributed by atoms with van der Waals surface area (Å²) in [5.41, 5.74) is 2.68. The van der Waals surface area contributed by atoms with E-state index in [0.717, 1.165) is 30.4 Å². The van der Waals surface area contributed by atoms with Crippen LogP contribution in [0.4, 0.5) is 0 Å². The summed E-state index contributed by atoms with van der Waals surface area (Å²) in [6, 6.07) is 6.31. The van der Waals surface area contributed by atoms with Crippen molar-refractivity contribution in [3.8, 4) is 0 Å². The van der Waals surface area contributed by atoms with E-state index in [1.807, 2.05) is 6.92 Å². The molecule has 116 valence electrons. The number of hydrogen-bond acceptors (Lipinski definition) is 3. The van der Waals surface area contributed by atoms with E-state index in [-0.39, 0.29) is 5.41 Å². The number of hydrogen-bond donors (Lipinski definition) is 1. The van der Waals surface area contributed by atoms with Crippen molar-refractivity contribution in [1.82, 2.24) is 0 Å². The van der Waals surface area contributed by atoms with Crippen molar-refractivity contribution in [2.75, 3.05) is 13.2 Å². The van der Waals surface area contributed by atoms with Crippen LogP contribution in [0.15, 0.2) is 18.2 Å². The molecule has 1 aliphatic carbocycles. The van der Waals surface area contributed by atoms with Gasteiger partial charge in [-0.2, -0.15) is 0 Å². The van der Waals surface area contributed by atoms with Crippen molar-refractivity contribution in [3.05, 3.63) is 34.9 Å². The van der Waals surface area contributed by atoms with Gasteiger partial charge < -0.3 is 14.6 Å². The standard InChI is InChI=1S/C18H26O3/c1-5-18(20-10-11-21-18)13-6-7-14-15(12-13)16(2,3)8-9-17(14,4)19/h6-7,12,19H,5,8-11H2,1-4H3. The Labute approximate surface area is 127 Å². The van der Waals surface area contributed by atoms with Gasteiger partial charge in [0.1, 0.15) is 0 Å². The van der Waals surface area contributed by atoms with Crippen LogP contribution >= 0.6 is 0 Å². The molecule has 1 fully saturated rings. The Balaban J connectivity index is 2.12. The zero-order valence-electron chi connectivity index (χ0n) is 13.5. The Morgan fingerprint density at radius 1 is 1.05 bits per heavy atom. The summed E-state index contributed by atoms with van der Waals surface area (Å²) in [6.45, 7) is 9.79. The molecule has 1 aromatic carbocycles. The number of aliphatic hydroxyl groups is 1. The average molecular weight is 290 g/mol. The van der Waals surface area contributed by atoms with Crippen molar-refractivity contribution < 1.29 is 14.6 Å². The first-order valence-electron chi connectivity index (χ1n) is 7.97. The molecular weight excluding hydrogens is 264 g/mol. The summed E-state index contributed by atoms with van der Waals surface area (Å²) in [5, 5.41) is 10.7. The summed E-state index contributed by atoms with van der Waals surface area (Å²) < 4.78 is 11.8. The lowest BCUT2D eigenvalue weighted by Crippen LogP contribution is -2.36. The van der Waals surface area contributed by atoms with Gasteiger partial charge >= 0.3 is 0 Å². The van der Waals surface area contributed by atoms with E-state index in [0.29, 0.717) is 13.2 Å². The van der Waals surface area contributed by atoms with E-state index in [1.165, 1.54) is 5.56 Å². The predicted octanol–water partition coefficient (Wildman–Crippen LogP) is 3.58. The fraction of sp³-hybridized carbons (Fsp3) is 0.667. The first-order valence-corrected chi connectivity index (χ1v) is 7.97. The molecule has 1 heterocycles. The minimum atomic E-state index is -0.736. The highest BCUT2D eigenvalue weighted by atomic mass is 16.7. The molecule has 1 aromatic rings. The lowest BCUT2D eigenvalue weighted by atomic mass is 9.67. The largest absolute Gasteiger partial charge is 0.385 e. The maximum Gasteiger partial charge on any atom is 0.194 e. The van der Waals surface area contributed by atoms with Gasteiger partial charge in [0, 0.05) is 12.0 Å². The molecule has 0 saturated carbocycles. The maximum atomic E-state index is 10.7. The molecule has 1 atom stereocenters. The van der Waals surface area contributed by atoms with Crippen molar-refractivity contribution >= 4 is 0 Å². The zero-order chi connectivity index (χ0) is 15.3.